The van der Waals surface area contributed by atoms with Crippen molar-refractivity contribution in [2.24, 2.45) is 0 Å². The monoisotopic (exact) mass is 284 g/mol. The van der Waals surface area contributed by atoms with E-state index >= 15 is 0 Å². The fourth-order valence-electron chi connectivity index (χ4n) is 2.66. The summed E-state index contributed by atoms with van der Waals surface area (Å²) in [4.78, 5) is 12.4. The van der Waals surface area contributed by atoms with Crippen LogP contribution in [0.25, 0.3) is 5.69 Å². The molecule has 1 unspecified atom stereocenters. The molecule has 2 N–H and O–H groups in total. The zero-order valence-corrected chi connectivity index (χ0v) is 12.0. The maximum atomic E-state index is 12.4. The summed E-state index contributed by atoms with van der Waals surface area (Å²) in [5.74, 6) is 0.0384. The van der Waals surface area contributed by atoms with Crippen molar-refractivity contribution in [3.63, 3.8) is 0 Å². The van der Waals surface area contributed by atoms with E-state index in [0.717, 1.165) is 37.2 Å². The molecule has 1 saturated heterocycles. The molecular weight excluding hydrogens is 264 g/mol. The predicted octanol–water partition coefficient (Wildman–Crippen LogP) is 2.34. The third-order valence-electron chi connectivity index (χ3n) is 3.79. The molecule has 1 aliphatic rings. The highest BCUT2D eigenvalue weighted by Crippen LogP contribution is 2.20. The largest absolute Gasteiger partial charge is 0.323 e. The number of carbonyl (C=O) groups excluding carboxylic acids is 1. The van der Waals surface area contributed by atoms with Gasteiger partial charge in [0, 0.05) is 12.4 Å². The van der Waals surface area contributed by atoms with Crippen molar-refractivity contribution < 1.29 is 4.79 Å². The fraction of sp³-hybridized carbons (Fsp3) is 0.375. The van der Waals surface area contributed by atoms with Crippen molar-refractivity contribution in [3.05, 3.63) is 42.7 Å². The number of rotatable bonds is 3. The molecule has 0 spiro atoms. The van der Waals surface area contributed by atoms with E-state index in [1.54, 1.807) is 10.9 Å². The molecule has 1 atom stereocenters. The number of nitrogens with one attached hydrogen (secondary N) is 2. The Bertz CT molecular complexity index is 586. The van der Waals surface area contributed by atoms with Crippen LogP contribution in [0.5, 0.6) is 0 Å². The maximum Gasteiger partial charge on any atom is 0.241 e. The van der Waals surface area contributed by atoms with Gasteiger partial charge in [-0.25, -0.2) is 4.68 Å². The van der Waals surface area contributed by atoms with Crippen molar-refractivity contribution >= 4 is 11.6 Å². The van der Waals surface area contributed by atoms with E-state index in [9.17, 15) is 4.79 Å². The molecule has 5 nitrogen and oxygen atoms in total. The molecule has 21 heavy (non-hydrogen) atoms. The van der Waals surface area contributed by atoms with E-state index < -0.39 is 0 Å². The molecule has 1 aromatic carbocycles. The minimum atomic E-state index is -0.0989. The van der Waals surface area contributed by atoms with E-state index in [1.165, 1.54) is 6.42 Å². The fourth-order valence-corrected chi connectivity index (χ4v) is 2.66. The summed E-state index contributed by atoms with van der Waals surface area (Å²) in [7, 11) is 0. The topological polar surface area (TPSA) is 59.0 Å². The van der Waals surface area contributed by atoms with Crippen LogP contribution in [0.3, 0.4) is 0 Å². The lowest BCUT2D eigenvalue weighted by Gasteiger charge is -2.17. The second kappa shape index (κ2) is 6.54. The molecule has 0 bridgehead atoms. The zero-order chi connectivity index (χ0) is 14.5. The maximum absolute atomic E-state index is 12.4. The number of hydrogen-bond acceptors (Lipinski definition) is 3. The van der Waals surface area contributed by atoms with Gasteiger partial charge < -0.3 is 10.6 Å². The van der Waals surface area contributed by atoms with Gasteiger partial charge in [-0.15, -0.1) is 0 Å². The Hall–Kier alpha value is -2.14. The number of para-hydroxylation sites is 2. The number of benzene rings is 1. The van der Waals surface area contributed by atoms with Crippen molar-refractivity contribution in [1.82, 2.24) is 15.1 Å². The lowest BCUT2D eigenvalue weighted by Crippen LogP contribution is -2.40. The van der Waals surface area contributed by atoms with Crippen LogP contribution >= 0.6 is 0 Å². The third kappa shape index (κ3) is 3.31. The predicted molar refractivity (Wildman–Crippen MR) is 82.5 cm³/mol. The van der Waals surface area contributed by atoms with Crippen LogP contribution in [0.4, 0.5) is 5.69 Å². The highest BCUT2D eigenvalue weighted by atomic mass is 16.2. The average Bonchev–Trinajstić information content (AvgIpc) is 2.89. The second-order valence-corrected chi connectivity index (χ2v) is 5.31. The van der Waals surface area contributed by atoms with Crippen LogP contribution < -0.4 is 10.6 Å². The number of amides is 1. The van der Waals surface area contributed by atoms with Gasteiger partial charge in [0.05, 0.1) is 17.4 Å². The Labute approximate surface area is 124 Å². The number of hydrogen-bond donors (Lipinski definition) is 2. The molecule has 0 aliphatic carbocycles. The molecule has 1 aliphatic heterocycles. The van der Waals surface area contributed by atoms with Crippen molar-refractivity contribution in [2.45, 2.75) is 31.7 Å². The summed E-state index contributed by atoms with van der Waals surface area (Å²) < 4.78 is 1.76. The van der Waals surface area contributed by atoms with E-state index in [-0.39, 0.29) is 11.9 Å². The first kappa shape index (κ1) is 13.8. The van der Waals surface area contributed by atoms with Crippen LogP contribution in [0.2, 0.25) is 0 Å². The Kier molecular flexibility index (Phi) is 4.31. The van der Waals surface area contributed by atoms with Crippen LogP contribution in [0.15, 0.2) is 42.7 Å². The van der Waals surface area contributed by atoms with Gasteiger partial charge in [-0.05, 0) is 37.6 Å². The molecule has 5 heteroatoms. The number of aromatic nitrogens is 2. The van der Waals surface area contributed by atoms with Gasteiger partial charge in [0.1, 0.15) is 0 Å². The van der Waals surface area contributed by atoms with Gasteiger partial charge in [-0.3, -0.25) is 4.79 Å². The van der Waals surface area contributed by atoms with E-state index in [0.29, 0.717) is 0 Å². The number of nitrogens with zero attached hydrogens (tertiary/aromatic N) is 2. The Morgan fingerprint density at radius 2 is 2.14 bits per heavy atom. The SMILES string of the molecule is O=C(Nc1ccccc1-n1cccn1)C1CCCCCN1. The minimum Gasteiger partial charge on any atom is -0.323 e. The molecule has 2 heterocycles. The standard InChI is InChI=1S/C16H20N4O/c21-16(14-8-2-1-5-10-17-14)19-13-7-3-4-9-15(13)20-12-6-11-18-20/h3-4,6-7,9,11-12,14,17H,1-2,5,8,10H2,(H,19,21). The molecule has 3 rings (SSSR count). The Morgan fingerprint density at radius 3 is 3.00 bits per heavy atom. The molecule has 1 fully saturated rings. The molecule has 2 aromatic rings. The van der Waals surface area contributed by atoms with Crippen LogP contribution in [0.1, 0.15) is 25.7 Å². The van der Waals surface area contributed by atoms with E-state index in [4.69, 9.17) is 0 Å². The summed E-state index contributed by atoms with van der Waals surface area (Å²) in [5, 5.41) is 10.6. The normalized spacial score (nSPS) is 19.0. The van der Waals surface area contributed by atoms with Gasteiger partial charge in [0.15, 0.2) is 0 Å². The first-order valence-electron chi connectivity index (χ1n) is 7.48. The summed E-state index contributed by atoms with van der Waals surface area (Å²) >= 11 is 0. The first-order chi connectivity index (χ1) is 10.3. The van der Waals surface area contributed by atoms with Crippen molar-refractivity contribution in [3.8, 4) is 5.69 Å². The minimum absolute atomic E-state index is 0.0384. The number of anilines is 1. The third-order valence-corrected chi connectivity index (χ3v) is 3.79. The van der Waals surface area contributed by atoms with Crippen LogP contribution in [0, 0.1) is 0 Å². The zero-order valence-electron chi connectivity index (χ0n) is 12.0. The second-order valence-electron chi connectivity index (χ2n) is 5.31. The Balaban J connectivity index is 1.77. The van der Waals surface area contributed by atoms with Crippen LogP contribution in [-0.4, -0.2) is 28.3 Å². The summed E-state index contributed by atoms with van der Waals surface area (Å²) in [6.45, 7) is 0.916. The summed E-state index contributed by atoms with van der Waals surface area (Å²) in [6, 6.07) is 9.48. The average molecular weight is 284 g/mol. The van der Waals surface area contributed by atoms with Gasteiger partial charge in [0.25, 0.3) is 0 Å². The van der Waals surface area contributed by atoms with Crippen molar-refractivity contribution in [1.29, 1.82) is 0 Å². The first-order valence-corrected chi connectivity index (χ1v) is 7.48. The summed E-state index contributed by atoms with van der Waals surface area (Å²) in [6.07, 6.45) is 7.94. The molecular formula is C16H20N4O. The molecule has 1 amide bonds. The van der Waals surface area contributed by atoms with Gasteiger partial charge in [-0.1, -0.05) is 25.0 Å². The quantitative estimate of drug-likeness (QED) is 0.909. The smallest absolute Gasteiger partial charge is 0.241 e. The van der Waals surface area contributed by atoms with Gasteiger partial charge in [0.2, 0.25) is 5.91 Å². The highest BCUT2D eigenvalue weighted by Gasteiger charge is 2.20. The molecule has 0 saturated carbocycles. The lowest BCUT2D eigenvalue weighted by atomic mass is 10.1. The van der Waals surface area contributed by atoms with Gasteiger partial charge in [-0.2, -0.15) is 5.10 Å². The highest BCUT2D eigenvalue weighted by molar-refractivity contribution is 5.96. The summed E-state index contributed by atoms with van der Waals surface area (Å²) in [5.41, 5.74) is 1.67. The van der Waals surface area contributed by atoms with E-state index in [2.05, 4.69) is 15.7 Å². The molecule has 0 radical (unpaired) electrons. The lowest BCUT2D eigenvalue weighted by molar-refractivity contribution is -0.118. The van der Waals surface area contributed by atoms with E-state index in [1.807, 2.05) is 36.5 Å². The molecule has 1 aromatic heterocycles. The van der Waals surface area contributed by atoms with Crippen molar-refractivity contribution in [2.75, 3.05) is 11.9 Å². The van der Waals surface area contributed by atoms with Crippen LogP contribution in [-0.2, 0) is 4.79 Å². The number of carbonyl (C=O) groups is 1. The molecule has 110 valence electrons. The Morgan fingerprint density at radius 1 is 1.24 bits per heavy atom. The van der Waals surface area contributed by atoms with Gasteiger partial charge >= 0.3 is 0 Å².